The van der Waals surface area contributed by atoms with Crippen LogP contribution < -0.4 is 10.6 Å². The lowest BCUT2D eigenvalue weighted by atomic mass is 10.1. The summed E-state index contributed by atoms with van der Waals surface area (Å²) >= 11 is 0. The molecule has 2 heterocycles. The molecule has 0 aliphatic carbocycles. The van der Waals surface area contributed by atoms with E-state index in [-0.39, 0.29) is 11.9 Å². The van der Waals surface area contributed by atoms with Gasteiger partial charge in [0.05, 0.1) is 23.1 Å². The van der Waals surface area contributed by atoms with Gasteiger partial charge in [0.1, 0.15) is 0 Å². The van der Waals surface area contributed by atoms with Crippen LogP contribution in [0.25, 0.3) is 5.69 Å². The van der Waals surface area contributed by atoms with E-state index in [2.05, 4.69) is 21.8 Å². The number of benzene rings is 1. The molecule has 1 fully saturated rings. The summed E-state index contributed by atoms with van der Waals surface area (Å²) < 4.78 is 1.82. The van der Waals surface area contributed by atoms with E-state index in [0.717, 1.165) is 37.3 Å². The van der Waals surface area contributed by atoms with Gasteiger partial charge in [-0.2, -0.15) is 5.10 Å². The van der Waals surface area contributed by atoms with Crippen LogP contribution in [0, 0.1) is 13.8 Å². The van der Waals surface area contributed by atoms with Gasteiger partial charge >= 0.3 is 0 Å². The molecule has 5 heteroatoms. The first kappa shape index (κ1) is 14.8. The third-order valence-electron chi connectivity index (χ3n) is 4.13. The number of rotatable bonds is 3. The van der Waals surface area contributed by atoms with Gasteiger partial charge in [0.15, 0.2) is 0 Å². The molecule has 1 atom stereocenters. The lowest BCUT2D eigenvalue weighted by Crippen LogP contribution is -2.45. The van der Waals surface area contributed by atoms with Crippen LogP contribution in [0.4, 0.5) is 0 Å². The predicted molar refractivity (Wildman–Crippen MR) is 86.4 cm³/mol. The summed E-state index contributed by atoms with van der Waals surface area (Å²) in [5.41, 5.74) is 3.67. The number of nitrogens with zero attached hydrogens (tertiary/aromatic N) is 2. The molecule has 116 valence electrons. The quantitative estimate of drug-likeness (QED) is 0.911. The number of aryl methyl sites for hydroxylation is 1. The largest absolute Gasteiger partial charge is 0.348 e. The van der Waals surface area contributed by atoms with E-state index in [4.69, 9.17) is 0 Å². The van der Waals surface area contributed by atoms with E-state index in [1.165, 1.54) is 5.56 Å². The highest BCUT2D eigenvalue weighted by atomic mass is 16.1. The zero-order valence-electron chi connectivity index (χ0n) is 13.1. The Kier molecular flexibility index (Phi) is 4.24. The van der Waals surface area contributed by atoms with E-state index in [0.29, 0.717) is 5.56 Å². The summed E-state index contributed by atoms with van der Waals surface area (Å²) in [4.78, 5) is 12.5. The number of hydrogen-bond acceptors (Lipinski definition) is 3. The van der Waals surface area contributed by atoms with Crippen molar-refractivity contribution in [1.82, 2.24) is 20.4 Å². The van der Waals surface area contributed by atoms with E-state index in [9.17, 15) is 4.79 Å². The average Bonchev–Trinajstić information content (AvgIpc) is 2.90. The van der Waals surface area contributed by atoms with Crippen LogP contribution in [-0.4, -0.2) is 34.8 Å². The normalized spacial score (nSPS) is 18.2. The smallest absolute Gasteiger partial charge is 0.255 e. The highest BCUT2D eigenvalue weighted by molar-refractivity contribution is 5.95. The van der Waals surface area contributed by atoms with Gasteiger partial charge in [0.2, 0.25) is 0 Å². The van der Waals surface area contributed by atoms with Crippen LogP contribution in [-0.2, 0) is 0 Å². The van der Waals surface area contributed by atoms with Crippen molar-refractivity contribution >= 4 is 5.91 Å². The zero-order valence-corrected chi connectivity index (χ0v) is 13.1. The lowest BCUT2D eigenvalue weighted by molar-refractivity contribution is 0.0930. The summed E-state index contributed by atoms with van der Waals surface area (Å²) in [6.07, 6.45) is 3.79. The first-order chi connectivity index (χ1) is 10.6. The molecule has 3 rings (SSSR count). The fourth-order valence-corrected chi connectivity index (χ4v) is 2.89. The van der Waals surface area contributed by atoms with Gasteiger partial charge in [-0.1, -0.05) is 12.1 Å². The Morgan fingerprint density at radius 1 is 1.41 bits per heavy atom. The molecule has 1 aliphatic rings. The number of carbonyl (C=O) groups is 1. The Labute approximate surface area is 130 Å². The van der Waals surface area contributed by atoms with E-state index < -0.39 is 0 Å². The predicted octanol–water partition coefficient (Wildman–Crippen LogP) is 1.97. The number of nitrogens with one attached hydrogen (secondary N) is 2. The molecule has 1 aromatic heterocycles. The van der Waals surface area contributed by atoms with E-state index in [1.807, 2.05) is 36.7 Å². The number of amides is 1. The zero-order chi connectivity index (χ0) is 15.5. The van der Waals surface area contributed by atoms with Crippen molar-refractivity contribution in [2.45, 2.75) is 32.7 Å². The molecule has 0 radical (unpaired) electrons. The summed E-state index contributed by atoms with van der Waals surface area (Å²) in [7, 11) is 0. The summed E-state index contributed by atoms with van der Waals surface area (Å²) in [6.45, 7) is 5.86. The molecule has 2 N–H and O–H groups in total. The molecular formula is C17H22N4O. The molecule has 1 amide bonds. The number of aromatic nitrogens is 2. The monoisotopic (exact) mass is 298 g/mol. The Morgan fingerprint density at radius 3 is 3.00 bits per heavy atom. The molecule has 2 aromatic rings. The van der Waals surface area contributed by atoms with Gasteiger partial charge in [-0.15, -0.1) is 0 Å². The maximum atomic E-state index is 12.5. The Bertz CT molecular complexity index is 671. The molecule has 5 nitrogen and oxygen atoms in total. The van der Waals surface area contributed by atoms with Crippen LogP contribution in [0.15, 0.2) is 30.5 Å². The molecule has 0 saturated carbocycles. The van der Waals surface area contributed by atoms with Gasteiger partial charge < -0.3 is 10.6 Å². The Hall–Kier alpha value is -2.14. The van der Waals surface area contributed by atoms with Crippen molar-refractivity contribution in [3.8, 4) is 5.69 Å². The third kappa shape index (κ3) is 3.04. The molecule has 1 saturated heterocycles. The fourth-order valence-electron chi connectivity index (χ4n) is 2.89. The maximum absolute atomic E-state index is 12.5. The summed E-state index contributed by atoms with van der Waals surface area (Å²) in [6, 6.07) is 8.32. The molecule has 0 unspecified atom stereocenters. The molecular weight excluding hydrogens is 276 g/mol. The van der Waals surface area contributed by atoms with Gasteiger partial charge in [0.25, 0.3) is 5.91 Å². The molecule has 22 heavy (non-hydrogen) atoms. The minimum absolute atomic E-state index is 0.0369. The maximum Gasteiger partial charge on any atom is 0.255 e. The van der Waals surface area contributed by atoms with Crippen molar-refractivity contribution in [3.05, 3.63) is 47.3 Å². The molecule has 1 aliphatic heterocycles. The number of carbonyl (C=O) groups excluding carboxylic acids is 1. The SMILES string of the molecule is Cc1cccc(-n2ncc(C(=O)N[C@H]3CCCNC3)c2C)c1. The molecule has 0 spiro atoms. The second-order valence-corrected chi connectivity index (χ2v) is 5.91. The van der Waals surface area contributed by atoms with Gasteiger partial charge in [0, 0.05) is 12.6 Å². The van der Waals surface area contributed by atoms with Crippen molar-refractivity contribution in [3.63, 3.8) is 0 Å². The van der Waals surface area contributed by atoms with Crippen molar-refractivity contribution < 1.29 is 4.79 Å². The topological polar surface area (TPSA) is 59.0 Å². The van der Waals surface area contributed by atoms with Gasteiger partial charge in [-0.05, 0) is 50.9 Å². The van der Waals surface area contributed by atoms with Gasteiger partial charge in [-0.3, -0.25) is 4.79 Å². The van der Waals surface area contributed by atoms with Crippen LogP contribution in [0.5, 0.6) is 0 Å². The minimum atomic E-state index is -0.0369. The van der Waals surface area contributed by atoms with Crippen molar-refractivity contribution in [2.24, 2.45) is 0 Å². The van der Waals surface area contributed by atoms with Crippen LogP contribution in [0.2, 0.25) is 0 Å². The number of hydrogen-bond donors (Lipinski definition) is 2. The second kappa shape index (κ2) is 6.32. The second-order valence-electron chi connectivity index (χ2n) is 5.91. The number of piperidine rings is 1. The standard InChI is InChI=1S/C17H22N4O/c1-12-5-3-7-15(9-12)21-13(2)16(11-19-21)17(22)20-14-6-4-8-18-10-14/h3,5,7,9,11,14,18H,4,6,8,10H2,1-2H3,(H,20,22)/t14-/m0/s1. The highest BCUT2D eigenvalue weighted by Gasteiger charge is 2.20. The Balaban J connectivity index is 1.79. The summed E-state index contributed by atoms with van der Waals surface area (Å²) in [5, 5.41) is 10.8. The fraction of sp³-hybridized carbons (Fsp3) is 0.412. The third-order valence-corrected chi connectivity index (χ3v) is 4.13. The highest BCUT2D eigenvalue weighted by Crippen LogP contribution is 2.15. The van der Waals surface area contributed by atoms with Crippen molar-refractivity contribution in [2.75, 3.05) is 13.1 Å². The lowest BCUT2D eigenvalue weighted by Gasteiger charge is -2.23. The van der Waals surface area contributed by atoms with Crippen LogP contribution >= 0.6 is 0 Å². The minimum Gasteiger partial charge on any atom is -0.348 e. The van der Waals surface area contributed by atoms with E-state index in [1.54, 1.807) is 6.20 Å². The molecule has 1 aromatic carbocycles. The van der Waals surface area contributed by atoms with Crippen LogP contribution in [0.1, 0.15) is 34.5 Å². The van der Waals surface area contributed by atoms with Crippen molar-refractivity contribution in [1.29, 1.82) is 0 Å². The molecule has 0 bridgehead atoms. The first-order valence-corrected chi connectivity index (χ1v) is 7.78. The van der Waals surface area contributed by atoms with E-state index >= 15 is 0 Å². The first-order valence-electron chi connectivity index (χ1n) is 7.78. The van der Waals surface area contributed by atoms with Crippen LogP contribution in [0.3, 0.4) is 0 Å². The van der Waals surface area contributed by atoms with Gasteiger partial charge in [-0.25, -0.2) is 4.68 Å². The average molecular weight is 298 g/mol. The Morgan fingerprint density at radius 2 is 2.27 bits per heavy atom. The summed E-state index contributed by atoms with van der Waals surface area (Å²) in [5.74, 6) is -0.0369.